The van der Waals surface area contributed by atoms with Gasteiger partial charge in [0.1, 0.15) is 31.1 Å². The van der Waals surface area contributed by atoms with E-state index in [-0.39, 0.29) is 68.3 Å². The number of hydrogen-bond donors (Lipinski definition) is 0. The summed E-state index contributed by atoms with van der Waals surface area (Å²) < 4.78 is 38.8. The Morgan fingerprint density at radius 3 is 1.14 bits per heavy atom. The second kappa shape index (κ2) is 54.5. The molecule has 13 nitrogen and oxygen atoms in total. The molecule has 0 aliphatic carbocycles. The van der Waals surface area contributed by atoms with Gasteiger partial charge < -0.3 is 33.2 Å². The van der Waals surface area contributed by atoms with Crippen LogP contribution in [0.25, 0.3) is 0 Å². The van der Waals surface area contributed by atoms with Crippen molar-refractivity contribution in [3.63, 3.8) is 0 Å². The number of unbranched alkanes of at least 4 members (excludes halogenated alkanes) is 40. The van der Waals surface area contributed by atoms with Crippen LogP contribution in [0.4, 0.5) is 0 Å². The number of methoxy groups -OCH3 is 2. The van der Waals surface area contributed by atoms with E-state index in [9.17, 15) is 28.8 Å². The number of fused-ring (bicyclic) bond motifs is 1. The van der Waals surface area contributed by atoms with Gasteiger partial charge in [0.25, 0.3) is 0 Å². The number of esters is 6. The van der Waals surface area contributed by atoms with Gasteiger partial charge in [0, 0.05) is 43.2 Å². The number of carbonyl (C=O) groups is 6. The quantitative estimate of drug-likeness (QED) is 0.0199. The van der Waals surface area contributed by atoms with Crippen LogP contribution in [0.5, 0.6) is 11.5 Å². The molecule has 0 bridgehead atoms. The van der Waals surface area contributed by atoms with Crippen LogP contribution in [0.15, 0.2) is 11.6 Å². The van der Waals surface area contributed by atoms with Crippen molar-refractivity contribution in [2.24, 2.45) is 0 Å². The molecule has 0 amide bonds. The molecule has 0 spiro atoms. The zero-order chi connectivity index (χ0) is 63.2. The SMILES string of the molecule is CCCCCCCCCCCCCCCC(=O)OCC(COC(=O)CCCCCCCCCCCCCCC)OC(=O)CCCCCCCCCCCCCCCCCCCC(=O)Oc1c(C/C=C(\C)CCC(=O)OC)c(OC)c(C)c2c1C(=O)OC2. The van der Waals surface area contributed by atoms with Crippen molar-refractivity contribution in [3.05, 3.63) is 33.9 Å². The molecule has 0 saturated heterocycles. The summed E-state index contributed by atoms with van der Waals surface area (Å²) >= 11 is 0. The Balaban J connectivity index is 1.58. The number of hydrogen-bond acceptors (Lipinski definition) is 13. The molecule has 2 rings (SSSR count). The molecule has 0 N–H and O–H groups in total. The number of benzene rings is 1. The average molecular weight is 1220 g/mol. The van der Waals surface area contributed by atoms with E-state index >= 15 is 0 Å². The number of ether oxygens (including phenoxy) is 7. The molecule has 1 aliphatic rings. The van der Waals surface area contributed by atoms with E-state index in [1.165, 1.54) is 193 Å². The van der Waals surface area contributed by atoms with Gasteiger partial charge in [-0.1, -0.05) is 276 Å². The van der Waals surface area contributed by atoms with Crippen LogP contribution in [-0.4, -0.2) is 69.4 Å². The van der Waals surface area contributed by atoms with Crippen LogP contribution in [0.1, 0.15) is 362 Å². The van der Waals surface area contributed by atoms with E-state index in [1.807, 2.05) is 19.9 Å². The lowest BCUT2D eigenvalue weighted by atomic mass is 9.94. The first-order valence-electron chi connectivity index (χ1n) is 35.8. The monoisotopic (exact) mass is 1220 g/mol. The standard InChI is InChI=1S/C74H126O13/c1-7-9-11-13-15-17-19-26-30-34-38-42-46-50-67(76)83-58-63(59-84-68(77)51-47-43-39-35-31-27-20-18-16-14-12-10-8-2)86-69(78)52-48-44-40-36-32-28-24-22-21-23-25-29-33-37-41-45-49-53-70(79)87-73-64(56-54-61(3)55-57-66(75)81-5)72(82-6)62(4)65-60-85-74(80)71(65)73/h54,63H,7-53,55-60H2,1-6H3/b61-54+. The van der Waals surface area contributed by atoms with Crippen LogP contribution in [0, 0.1) is 6.92 Å². The average Bonchev–Trinajstić information content (AvgIpc) is 1.93. The number of rotatable bonds is 60. The third kappa shape index (κ3) is 40.8. The van der Waals surface area contributed by atoms with Crippen molar-refractivity contribution in [1.29, 1.82) is 0 Å². The Hall–Kier alpha value is -4.42. The number of carbonyl (C=O) groups excluding carboxylic acids is 6. The second-order valence-electron chi connectivity index (χ2n) is 25.2. The molecular weight excluding hydrogens is 1100 g/mol. The van der Waals surface area contributed by atoms with Crippen molar-refractivity contribution in [2.45, 2.75) is 361 Å². The largest absolute Gasteiger partial charge is 0.496 e. The van der Waals surface area contributed by atoms with Gasteiger partial charge in [0.05, 0.1) is 14.2 Å². The molecule has 0 fully saturated rings. The minimum absolute atomic E-state index is 0.0951. The molecule has 1 aliphatic heterocycles. The zero-order valence-corrected chi connectivity index (χ0v) is 56.4. The lowest BCUT2D eigenvalue weighted by Gasteiger charge is -2.19. The van der Waals surface area contributed by atoms with Gasteiger partial charge in [-0.15, -0.1) is 0 Å². The van der Waals surface area contributed by atoms with Gasteiger partial charge in [-0.05, 0) is 57.9 Å². The highest BCUT2D eigenvalue weighted by molar-refractivity contribution is 5.99. The first-order chi connectivity index (χ1) is 42.4. The van der Waals surface area contributed by atoms with Crippen LogP contribution in [0.3, 0.4) is 0 Å². The van der Waals surface area contributed by atoms with Crippen LogP contribution in [-0.2, 0) is 60.7 Å². The van der Waals surface area contributed by atoms with E-state index in [4.69, 9.17) is 33.2 Å². The van der Waals surface area contributed by atoms with Crippen molar-refractivity contribution < 1.29 is 61.9 Å². The molecule has 500 valence electrons. The second-order valence-corrected chi connectivity index (χ2v) is 25.2. The molecular formula is C74H126O13. The number of allylic oxidation sites excluding steroid dienone is 2. The van der Waals surface area contributed by atoms with Crippen molar-refractivity contribution >= 4 is 35.8 Å². The van der Waals surface area contributed by atoms with Crippen LogP contribution in [0.2, 0.25) is 0 Å². The molecule has 0 aromatic heterocycles. The first kappa shape index (κ1) is 78.7. The van der Waals surface area contributed by atoms with Gasteiger partial charge >= 0.3 is 35.8 Å². The Morgan fingerprint density at radius 1 is 0.437 bits per heavy atom. The summed E-state index contributed by atoms with van der Waals surface area (Å²) in [6, 6.07) is 0. The van der Waals surface area contributed by atoms with E-state index in [2.05, 4.69) is 13.8 Å². The van der Waals surface area contributed by atoms with Crippen molar-refractivity contribution in [3.8, 4) is 11.5 Å². The molecule has 0 saturated carbocycles. The Bertz CT molecular complexity index is 1960. The molecule has 1 heterocycles. The minimum atomic E-state index is -0.801. The molecule has 0 atom stereocenters. The fourth-order valence-corrected chi connectivity index (χ4v) is 11.7. The first-order valence-corrected chi connectivity index (χ1v) is 35.8. The molecule has 0 unspecified atom stereocenters. The molecule has 13 heteroatoms. The Kier molecular flexibility index (Phi) is 49.3. The smallest absolute Gasteiger partial charge is 0.342 e. The van der Waals surface area contributed by atoms with Crippen molar-refractivity contribution in [2.75, 3.05) is 27.4 Å². The van der Waals surface area contributed by atoms with E-state index < -0.39 is 12.1 Å². The van der Waals surface area contributed by atoms with Crippen LogP contribution >= 0.6 is 0 Å². The summed E-state index contributed by atoms with van der Waals surface area (Å²) in [6.45, 7) is 8.25. The van der Waals surface area contributed by atoms with Crippen LogP contribution < -0.4 is 9.47 Å². The van der Waals surface area contributed by atoms with Crippen molar-refractivity contribution in [1.82, 2.24) is 0 Å². The predicted molar refractivity (Wildman–Crippen MR) is 351 cm³/mol. The molecule has 0 radical (unpaired) electrons. The third-order valence-corrected chi connectivity index (χ3v) is 17.3. The maximum atomic E-state index is 13.2. The molecule has 1 aromatic rings. The summed E-state index contributed by atoms with van der Waals surface area (Å²) in [6.07, 6.45) is 54.8. The lowest BCUT2D eigenvalue weighted by Crippen LogP contribution is -2.30. The fraction of sp³-hybridized carbons (Fsp3) is 0.811. The normalized spacial score (nSPS) is 12.1. The van der Waals surface area contributed by atoms with Gasteiger partial charge in [-0.25, -0.2) is 4.79 Å². The highest BCUT2D eigenvalue weighted by Gasteiger charge is 2.34. The van der Waals surface area contributed by atoms with E-state index in [0.717, 1.165) is 94.6 Å². The zero-order valence-electron chi connectivity index (χ0n) is 56.4. The summed E-state index contributed by atoms with van der Waals surface area (Å²) in [4.78, 5) is 76.2. The highest BCUT2D eigenvalue weighted by Crippen LogP contribution is 2.43. The summed E-state index contributed by atoms with van der Waals surface area (Å²) in [5, 5.41) is 0. The maximum absolute atomic E-state index is 13.2. The Labute approximate surface area is 529 Å². The van der Waals surface area contributed by atoms with Gasteiger partial charge in [0.2, 0.25) is 0 Å². The predicted octanol–water partition coefficient (Wildman–Crippen LogP) is 20.4. The summed E-state index contributed by atoms with van der Waals surface area (Å²) in [5.41, 5.74) is 3.35. The van der Waals surface area contributed by atoms with Gasteiger partial charge in [-0.2, -0.15) is 0 Å². The molecule has 1 aromatic carbocycles. The third-order valence-electron chi connectivity index (χ3n) is 17.3. The molecule has 87 heavy (non-hydrogen) atoms. The topological polar surface area (TPSA) is 167 Å². The summed E-state index contributed by atoms with van der Waals surface area (Å²) in [7, 11) is 2.94. The van der Waals surface area contributed by atoms with E-state index in [1.54, 1.807) is 7.11 Å². The Morgan fingerprint density at radius 2 is 0.782 bits per heavy atom. The lowest BCUT2D eigenvalue weighted by molar-refractivity contribution is -0.167. The maximum Gasteiger partial charge on any atom is 0.342 e. The minimum Gasteiger partial charge on any atom is -0.496 e. The highest BCUT2D eigenvalue weighted by atomic mass is 16.6. The van der Waals surface area contributed by atoms with E-state index in [0.29, 0.717) is 61.0 Å². The fourth-order valence-electron chi connectivity index (χ4n) is 11.7. The van der Waals surface area contributed by atoms with Gasteiger partial charge in [-0.3, -0.25) is 24.0 Å². The van der Waals surface area contributed by atoms with Gasteiger partial charge in [0.15, 0.2) is 11.9 Å². The number of cyclic esters (lactones) is 1. The summed E-state index contributed by atoms with van der Waals surface area (Å²) in [5.74, 6) is -1.31.